The molecule has 0 saturated carbocycles. The average Bonchev–Trinajstić information content (AvgIpc) is 3.49. The van der Waals surface area contributed by atoms with Crippen molar-refractivity contribution < 1.29 is 27.1 Å². The Bertz CT molecular complexity index is 1470. The predicted molar refractivity (Wildman–Crippen MR) is 133 cm³/mol. The fourth-order valence-electron chi connectivity index (χ4n) is 5.17. The van der Waals surface area contributed by atoms with E-state index in [4.69, 9.17) is 9.47 Å². The number of halogens is 1. The molecule has 2 aromatic heterocycles. The second-order valence-corrected chi connectivity index (χ2v) is 11.1. The molecule has 1 amide bonds. The second-order valence-electron chi connectivity index (χ2n) is 9.46. The summed E-state index contributed by atoms with van der Waals surface area (Å²) in [6, 6.07) is 6.45. The standard InChI is InChI=1S/C26H29FN4O5S/c1-4-31-23(26(35-3)14-36-15-26)13-25(29-31)37(33,34)30-24(32)12-21-18-6-5-7-19(18)22(27)11-20(21)17-8-9-28-16(2)10-17/h8-11,13H,4-7,12,14-15H2,1-3H3,(H,30,32). The molecule has 1 aliphatic carbocycles. The SMILES string of the molecule is CCn1nc(S(=O)(=O)NC(=O)Cc2c(-c3ccnc(C)c3)cc(F)c3c2CCC3)cc1C1(OC)COC1. The van der Waals surface area contributed by atoms with Gasteiger partial charge in [0.15, 0.2) is 10.6 Å². The first-order valence-electron chi connectivity index (χ1n) is 12.2. The lowest BCUT2D eigenvalue weighted by atomic mass is 9.90. The third-order valence-electron chi connectivity index (χ3n) is 7.12. The van der Waals surface area contributed by atoms with Gasteiger partial charge < -0.3 is 9.47 Å². The molecule has 0 radical (unpaired) electrons. The molecule has 1 fully saturated rings. The number of hydrogen-bond donors (Lipinski definition) is 1. The molecule has 0 atom stereocenters. The molecule has 37 heavy (non-hydrogen) atoms. The summed E-state index contributed by atoms with van der Waals surface area (Å²) >= 11 is 0. The number of sulfonamides is 1. The van der Waals surface area contributed by atoms with E-state index in [0.29, 0.717) is 41.8 Å². The minimum Gasteiger partial charge on any atom is -0.374 e. The van der Waals surface area contributed by atoms with Crippen molar-refractivity contribution >= 4 is 15.9 Å². The molecule has 5 rings (SSSR count). The van der Waals surface area contributed by atoms with E-state index in [1.165, 1.54) is 19.2 Å². The minimum atomic E-state index is -4.26. The molecule has 3 heterocycles. The highest BCUT2D eigenvalue weighted by Crippen LogP contribution is 2.37. The number of rotatable bonds is 8. The fourth-order valence-corrected chi connectivity index (χ4v) is 6.11. The first kappa shape index (κ1) is 25.5. The Morgan fingerprint density at radius 1 is 1.24 bits per heavy atom. The number of amides is 1. The zero-order valence-electron chi connectivity index (χ0n) is 21.0. The molecule has 3 aromatic rings. The van der Waals surface area contributed by atoms with Crippen LogP contribution < -0.4 is 4.72 Å². The maximum absolute atomic E-state index is 14.9. The van der Waals surface area contributed by atoms with Gasteiger partial charge in [0.2, 0.25) is 5.91 Å². The number of ether oxygens (including phenoxy) is 2. The monoisotopic (exact) mass is 528 g/mol. The normalized spacial score (nSPS) is 16.3. The Hall–Kier alpha value is -3.15. The van der Waals surface area contributed by atoms with E-state index in [0.717, 1.165) is 23.2 Å². The Kier molecular flexibility index (Phi) is 6.63. The van der Waals surface area contributed by atoms with Crippen LogP contribution in [0, 0.1) is 12.7 Å². The van der Waals surface area contributed by atoms with Gasteiger partial charge in [-0.05, 0) is 79.1 Å². The van der Waals surface area contributed by atoms with Crippen LogP contribution >= 0.6 is 0 Å². The van der Waals surface area contributed by atoms with Crippen molar-refractivity contribution in [2.24, 2.45) is 0 Å². The zero-order valence-corrected chi connectivity index (χ0v) is 21.8. The van der Waals surface area contributed by atoms with Crippen molar-refractivity contribution in [1.82, 2.24) is 19.5 Å². The lowest BCUT2D eigenvalue weighted by molar-refractivity contribution is -0.206. The van der Waals surface area contributed by atoms with Gasteiger partial charge >= 0.3 is 0 Å². The summed E-state index contributed by atoms with van der Waals surface area (Å²) in [5, 5.41) is 3.95. The Morgan fingerprint density at radius 3 is 2.65 bits per heavy atom. The van der Waals surface area contributed by atoms with E-state index in [1.54, 1.807) is 16.9 Å². The van der Waals surface area contributed by atoms with E-state index in [2.05, 4.69) is 14.8 Å². The zero-order chi connectivity index (χ0) is 26.4. The van der Waals surface area contributed by atoms with Crippen LogP contribution in [0.4, 0.5) is 4.39 Å². The van der Waals surface area contributed by atoms with Crippen molar-refractivity contribution in [3.05, 3.63) is 64.4 Å². The number of carbonyl (C=O) groups is 1. The van der Waals surface area contributed by atoms with Gasteiger partial charge in [-0.2, -0.15) is 13.5 Å². The first-order valence-corrected chi connectivity index (χ1v) is 13.7. The summed E-state index contributed by atoms with van der Waals surface area (Å²) in [5.41, 5.74) is 3.87. The van der Waals surface area contributed by atoms with Crippen LogP contribution in [-0.2, 0) is 55.7 Å². The number of methoxy groups -OCH3 is 1. The fraction of sp³-hybridized carbons (Fsp3) is 0.423. The molecule has 196 valence electrons. The van der Waals surface area contributed by atoms with Crippen LogP contribution in [0.3, 0.4) is 0 Å². The number of carbonyl (C=O) groups excluding carboxylic acids is 1. The van der Waals surface area contributed by atoms with Crippen LogP contribution in [0.25, 0.3) is 11.1 Å². The lowest BCUT2D eigenvalue weighted by Crippen LogP contribution is -2.49. The lowest BCUT2D eigenvalue weighted by Gasteiger charge is -2.39. The number of aryl methyl sites for hydroxylation is 2. The molecule has 0 bridgehead atoms. The maximum atomic E-state index is 14.9. The number of pyridine rings is 1. The molecule has 9 nitrogen and oxygen atoms in total. The van der Waals surface area contributed by atoms with Crippen molar-refractivity contribution in [3.8, 4) is 11.1 Å². The first-order chi connectivity index (χ1) is 17.7. The number of fused-ring (bicyclic) bond motifs is 1. The third kappa shape index (κ3) is 4.55. The van der Waals surface area contributed by atoms with Crippen LogP contribution in [-0.4, -0.2) is 49.4 Å². The summed E-state index contributed by atoms with van der Waals surface area (Å²) in [7, 11) is -2.73. The molecule has 1 aromatic carbocycles. The maximum Gasteiger partial charge on any atom is 0.283 e. The Morgan fingerprint density at radius 2 is 2.00 bits per heavy atom. The topological polar surface area (TPSA) is 112 Å². The van der Waals surface area contributed by atoms with Gasteiger partial charge in [-0.25, -0.2) is 9.11 Å². The Labute approximate surface area is 215 Å². The molecule has 1 aliphatic heterocycles. The molecular weight excluding hydrogens is 499 g/mol. The van der Waals surface area contributed by atoms with Crippen molar-refractivity contribution in [1.29, 1.82) is 0 Å². The molecular formula is C26H29FN4O5S. The average molecular weight is 529 g/mol. The number of hydrogen-bond acceptors (Lipinski definition) is 7. The molecule has 0 unspecified atom stereocenters. The van der Waals surface area contributed by atoms with E-state index < -0.39 is 21.5 Å². The van der Waals surface area contributed by atoms with Gasteiger partial charge in [0.25, 0.3) is 10.0 Å². The van der Waals surface area contributed by atoms with E-state index in [-0.39, 0.29) is 30.5 Å². The molecule has 1 N–H and O–H groups in total. The van der Waals surface area contributed by atoms with E-state index in [1.807, 2.05) is 19.9 Å². The van der Waals surface area contributed by atoms with Crippen molar-refractivity contribution in [2.75, 3.05) is 20.3 Å². The number of aromatic nitrogens is 3. The molecule has 0 spiro atoms. The van der Waals surface area contributed by atoms with E-state index in [9.17, 15) is 17.6 Å². The van der Waals surface area contributed by atoms with Gasteiger partial charge in [-0.15, -0.1) is 0 Å². The number of nitrogens with zero attached hydrogens (tertiary/aromatic N) is 3. The van der Waals surface area contributed by atoms with Crippen molar-refractivity contribution in [3.63, 3.8) is 0 Å². The van der Waals surface area contributed by atoms with Gasteiger partial charge in [0, 0.05) is 31.6 Å². The van der Waals surface area contributed by atoms with Crippen LogP contribution in [0.15, 0.2) is 35.5 Å². The van der Waals surface area contributed by atoms with Gasteiger partial charge in [0.1, 0.15) is 5.82 Å². The molecule has 1 saturated heterocycles. The van der Waals surface area contributed by atoms with Gasteiger partial charge in [-0.1, -0.05) is 0 Å². The number of nitrogens with one attached hydrogen (secondary N) is 1. The highest BCUT2D eigenvalue weighted by molar-refractivity contribution is 7.90. The molecule has 2 aliphatic rings. The van der Waals surface area contributed by atoms with Crippen LogP contribution in [0.2, 0.25) is 0 Å². The Balaban J connectivity index is 1.46. The van der Waals surface area contributed by atoms with Crippen molar-refractivity contribution in [2.45, 2.75) is 56.7 Å². The quantitative estimate of drug-likeness (QED) is 0.478. The largest absolute Gasteiger partial charge is 0.374 e. The van der Waals surface area contributed by atoms with E-state index >= 15 is 0 Å². The molecule has 11 heteroatoms. The minimum absolute atomic E-state index is 0.213. The summed E-state index contributed by atoms with van der Waals surface area (Å²) in [6.07, 6.45) is 3.42. The number of benzene rings is 1. The van der Waals surface area contributed by atoms with Gasteiger partial charge in [-0.3, -0.25) is 14.5 Å². The van der Waals surface area contributed by atoms with Crippen LogP contribution in [0.5, 0.6) is 0 Å². The highest BCUT2D eigenvalue weighted by Gasteiger charge is 2.44. The third-order valence-corrected chi connectivity index (χ3v) is 8.37. The second kappa shape index (κ2) is 9.62. The summed E-state index contributed by atoms with van der Waals surface area (Å²) in [4.78, 5) is 17.3. The predicted octanol–water partition coefficient (Wildman–Crippen LogP) is 2.82. The summed E-state index contributed by atoms with van der Waals surface area (Å²) in [6.45, 7) is 4.66. The summed E-state index contributed by atoms with van der Waals surface area (Å²) in [5.74, 6) is -1.02. The van der Waals surface area contributed by atoms with Crippen LogP contribution in [0.1, 0.15) is 41.4 Å². The smallest absolute Gasteiger partial charge is 0.283 e. The summed E-state index contributed by atoms with van der Waals surface area (Å²) < 4.78 is 55.9. The highest BCUT2D eigenvalue weighted by atomic mass is 32.2. The van der Waals surface area contributed by atoms with Gasteiger partial charge in [0.05, 0.1) is 25.3 Å².